The molecule has 266 valence electrons. The minimum Gasteiger partial charge on any atom is -0.394 e. The van der Waals surface area contributed by atoms with Crippen molar-refractivity contribution in [2.45, 2.75) is 145 Å². The zero-order valence-corrected chi connectivity index (χ0v) is 27.4. The van der Waals surface area contributed by atoms with Gasteiger partial charge in [0.2, 0.25) is 0 Å². The van der Waals surface area contributed by atoms with Crippen molar-refractivity contribution in [3.8, 4) is 0 Å². The third kappa shape index (κ3) is 4.83. The molecular weight excluding hydrogens is 604 g/mol. The number of fused-ring (bicyclic) bond motifs is 7. The van der Waals surface area contributed by atoms with Gasteiger partial charge in [0.25, 0.3) is 0 Å². The van der Waals surface area contributed by atoms with Crippen LogP contribution in [0, 0.1) is 40.4 Å². The molecule has 2 saturated heterocycles. The summed E-state index contributed by atoms with van der Waals surface area (Å²) < 4.78 is 24.1. The van der Waals surface area contributed by atoms with E-state index in [1.807, 2.05) is 0 Å². The van der Waals surface area contributed by atoms with E-state index in [0.29, 0.717) is 32.1 Å². The number of hydrogen-bond acceptors (Lipinski definition) is 13. The molecule has 2 heterocycles. The second-order valence-corrected chi connectivity index (χ2v) is 15.8. The van der Waals surface area contributed by atoms with Crippen LogP contribution in [-0.2, 0) is 18.9 Å². The average molecular weight is 661 g/mol. The number of methoxy groups -OCH3 is 1. The molecule has 13 nitrogen and oxygen atoms in total. The molecule has 6 fully saturated rings. The fourth-order valence-electron chi connectivity index (χ4n) is 11.5. The first-order chi connectivity index (χ1) is 21.6. The van der Waals surface area contributed by atoms with Gasteiger partial charge in [0.15, 0.2) is 12.1 Å². The smallest absolute Gasteiger partial charge is 0.186 e. The van der Waals surface area contributed by atoms with Gasteiger partial charge in [-0.15, -0.1) is 0 Å². The van der Waals surface area contributed by atoms with Gasteiger partial charge in [0.1, 0.15) is 48.3 Å². The second-order valence-electron chi connectivity index (χ2n) is 15.8. The van der Waals surface area contributed by atoms with Crippen LogP contribution < -0.4 is 0 Å². The maximum atomic E-state index is 11.8. The lowest BCUT2D eigenvalue weighted by Crippen LogP contribution is -2.77. The fourth-order valence-corrected chi connectivity index (χ4v) is 11.5. The number of unbranched alkanes of at least 4 members (excludes halogenated alkanes) is 1. The molecule has 0 radical (unpaired) electrons. The minimum atomic E-state index is -1.70. The SMILES string of the molecule is CO[C@@]1(CCCCO[C@H]2O[C@@H](CO)[C@H](O)[C@@H](O)[C@@H]2O)O[C@@H]2C[C@H]3[C@@H]4CC[C@@]5(O)[C@@H](O)[C@H](O)[C@@H](O)[C@H](O)[C@@]5(C)[C@@H]4CC[C@@]3(C)[C@@H]2[C@H]1C. The molecule has 4 saturated carbocycles. The lowest BCUT2D eigenvalue weighted by molar-refractivity contribution is -0.324. The molecule has 19 atom stereocenters. The van der Waals surface area contributed by atoms with Gasteiger partial charge in [-0.25, -0.2) is 0 Å². The van der Waals surface area contributed by atoms with Crippen LogP contribution in [-0.4, -0.2) is 139 Å². The number of rotatable bonds is 8. The summed E-state index contributed by atoms with van der Waals surface area (Å²) in [5.41, 5.74) is -2.94. The van der Waals surface area contributed by atoms with Crippen molar-refractivity contribution >= 4 is 0 Å². The Bertz CT molecular complexity index is 1100. The number of hydrogen-bond donors (Lipinski definition) is 9. The minimum absolute atomic E-state index is 0.0306. The molecule has 0 aromatic rings. The molecular formula is C33H56O13. The van der Waals surface area contributed by atoms with Crippen LogP contribution in [0.1, 0.15) is 72.1 Å². The van der Waals surface area contributed by atoms with E-state index in [0.717, 1.165) is 12.8 Å². The van der Waals surface area contributed by atoms with Crippen molar-refractivity contribution in [1.29, 1.82) is 0 Å². The topological polar surface area (TPSA) is 219 Å². The molecule has 0 unspecified atom stereocenters. The van der Waals surface area contributed by atoms with Crippen LogP contribution in [0.3, 0.4) is 0 Å². The molecule has 4 aliphatic carbocycles. The van der Waals surface area contributed by atoms with Gasteiger partial charge < -0.3 is 64.9 Å². The molecule has 2 aliphatic heterocycles. The Morgan fingerprint density at radius 3 is 2.20 bits per heavy atom. The van der Waals surface area contributed by atoms with Crippen LogP contribution in [0.25, 0.3) is 0 Å². The largest absolute Gasteiger partial charge is 0.394 e. The summed E-state index contributed by atoms with van der Waals surface area (Å²) in [5.74, 6) is -0.193. The van der Waals surface area contributed by atoms with Crippen LogP contribution in [0.2, 0.25) is 0 Å². The molecule has 0 amide bonds. The maximum absolute atomic E-state index is 11.8. The van der Waals surface area contributed by atoms with E-state index in [1.54, 1.807) is 14.0 Å². The summed E-state index contributed by atoms with van der Waals surface area (Å²) in [6, 6.07) is 0. The summed E-state index contributed by atoms with van der Waals surface area (Å²) >= 11 is 0. The lowest BCUT2D eigenvalue weighted by atomic mass is 9.41. The van der Waals surface area contributed by atoms with Crippen molar-refractivity contribution in [2.24, 2.45) is 40.4 Å². The Labute approximate surface area is 270 Å². The fraction of sp³-hybridized carbons (Fsp3) is 1.00. The van der Waals surface area contributed by atoms with Gasteiger partial charge in [0.05, 0.1) is 18.8 Å². The summed E-state index contributed by atoms with van der Waals surface area (Å²) in [4.78, 5) is 0. The highest BCUT2D eigenvalue weighted by molar-refractivity contribution is 5.22. The van der Waals surface area contributed by atoms with Gasteiger partial charge >= 0.3 is 0 Å². The Morgan fingerprint density at radius 1 is 0.826 bits per heavy atom. The van der Waals surface area contributed by atoms with Gasteiger partial charge in [-0.2, -0.15) is 0 Å². The Hall–Kier alpha value is -0.520. The Morgan fingerprint density at radius 2 is 1.52 bits per heavy atom. The molecule has 6 aliphatic rings. The van der Waals surface area contributed by atoms with E-state index >= 15 is 0 Å². The molecule has 6 rings (SSSR count). The van der Waals surface area contributed by atoms with Crippen LogP contribution in [0.4, 0.5) is 0 Å². The summed E-state index contributed by atoms with van der Waals surface area (Å²) in [5, 5.41) is 94.8. The maximum Gasteiger partial charge on any atom is 0.186 e. The van der Waals surface area contributed by atoms with E-state index in [4.69, 9.17) is 18.9 Å². The van der Waals surface area contributed by atoms with Gasteiger partial charge in [-0.05, 0) is 74.0 Å². The first-order valence-electron chi connectivity index (χ1n) is 17.2. The lowest BCUT2D eigenvalue weighted by Gasteiger charge is -2.67. The summed E-state index contributed by atoms with van der Waals surface area (Å²) in [6.45, 7) is 6.02. The van der Waals surface area contributed by atoms with Crippen molar-refractivity contribution in [1.82, 2.24) is 0 Å². The van der Waals surface area contributed by atoms with Gasteiger partial charge in [-0.1, -0.05) is 20.8 Å². The summed E-state index contributed by atoms with van der Waals surface area (Å²) in [7, 11) is 1.68. The molecule has 46 heavy (non-hydrogen) atoms. The van der Waals surface area contributed by atoms with Crippen LogP contribution in [0.5, 0.6) is 0 Å². The van der Waals surface area contributed by atoms with Crippen molar-refractivity contribution < 1.29 is 64.9 Å². The third-order valence-corrected chi connectivity index (χ3v) is 14.2. The van der Waals surface area contributed by atoms with Crippen molar-refractivity contribution in [2.75, 3.05) is 20.3 Å². The first kappa shape index (κ1) is 35.3. The van der Waals surface area contributed by atoms with E-state index < -0.39 is 78.5 Å². The zero-order chi connectivity index (χ0) is 33.6. The quantitative estimate of drug-likeness (QED) is 0.143. The van der Waals surface area contributed by atoms with E-state index in [9.17, 15) is 46.0 Å². The van der Waals surface area contributed by atoms with E-state index in [1.165, 1.54) is 0 Å². The highest BCUT2D eigenvalue weighted by atomic mass is 16.7. The van der Waals surface area contributed by atoms with Gasteiger partial charge in [-0.3, -0.25) is 0 Å². The third-order valence-electron chi connectivity index (χ3n) is 14.2. The Balaban J connectivity index is 1.10. The predicted molar refractivity (Wildman–Crippen MR) is 160 cm³/mol. The number of aliphatic hydroxyl groups excluding tert-OH is 8. The molecule has 0 aromatic heterocycles. The molecule has 0 bridgehead atoms. The van der Waals surface area contributed by atoms with Crippen molar-refractivity contribution in [3.05, 3.63) is 0 Å². The number of ether oxygens (including phenoxy) is 4. The van der Waals surface area contributed by atoms with E-state index in [2.05, 4.69) is 13.8 Å². The normalized spacial score (nSPS) is 58.2. The highest BCUT2D eigenvalue weighted by Crippen LogP contribution is 2.71. The zero-order valence-electron chi connectivity index (χ0n) is 27.4. The number of aliphatic hydroxyl groups is 9. The first-order valence-corrected chi connectivity index (χ1v) is 17.2. The average Bonchev–Trinajstić information content (AvgIpc) is 3.50. The summed E-state index contributed by atoms with van der Waals surface area (Å²) in [6.07, 6.45) is -7.44. The monoisotopic (exact) mass is 660 g/mol. The molecule has 9 N–H and O–H groups in total. The molecule has 0 spiro atoms. The van der Waals surface area contributed by atoms with Crippen LogP contribution in [0.15, 0.2) is 0 Å². The van der Waals surface area contributed by atoms with E-state index in [-0.39, 0.29) is 54.1 Å². The predicted octanol–water partition coefficient (Wildman–Crippen LogP) is -0.992. The molecule has 0 aromatic carbocycles. The molecule has 13 heteroatoms. The second kappa shape index (κ2) is 12.4. The Kier molecular flexibility index (Phi) is 9.49. The highest BCUT2D eigenvalue weighted by Gasteiger charge is 2.74. The van der Waals surface area contributed by atoms with Crippen molar-refractivity contribution in [3.63, 3.8) is 0 Å². The van der Waals surface area contributed by atoms with Crippen LogP contribution >= 0.6 is 0 Å². The van der Waals surface area contributed by atoms with Gasteiger partial charge in [0, 0.05) is 31.5 Å². The standard InChI is InChI=1S/C33H56O13/c1-15-21-19(46-33(15,43-4)9-5-6-12-44-29-26(39)23(36)22(35)20(14-34)45-29)13-18-16-7-11-32(42)28(41)25(38)24(37)27(40)31(32,3)17(16)8-10-30(18,21)2/h15-29,34-42H,5-14H2,1-4H3/t15-,16-,17-,18+,19-,20+,21-,22+,23-,24-,25-,26+,27+,28+,29+,30-,31-,32-,33+/m1/s1.